The summed E-state index contributed by atoms with van der Waals surface area (Å²) < 4.78 is 41.8. The van der Waals surface area contributed by atoms with E-state index in [1.807, 2.05) is 12.4 Å². The molecule has 0 amide bonds. The van der Waals surface area contributed by atoms with Crippen LogP contribution < -0.4 is 4.74 Å². The van der Waals surface area contributed by atoms with Crippen LogP contribution in [-0.2, 0) is 4.74 Å². The van der Waals surface area contributed by atoms with Gasteiger partial charge in [0.25, 0.3) is 0 Å². The zero-order valence-electron chi connectivity index (χ0n) is 22.0. The molecule has 0 bridgehead atoms. The third-order valence-corrected chi connectivity index (χ3v) is 6.59. The molecule has 1 saturated heterocycles. The van der Waals surface area contributed by atoms with Crippen molar-refractivity contribution in [2.75, 3.05) is 13.1 Å². The van der Waals surface area contributed by atoms with E-state index in [0.717, 1.165) is 62.0 Å². The highest BCUT2D eigenvalue weighted by Crippen LogP contribution is 2.34. The lowest BCUT2D eigenvalue weighted by molar-refractivity contribution is -0.131. The number of benzene rings is 2. The molecule has 0 aliphatic carbocycles. The van der Waals surface area contributed by atoms with Gasteiger partial charge in [-0.15, -0.1) is 0 Å². The standard InChI is InChI=1S/C30H35F2N3O2/c1-5-6-10-28(37-30(2,3)4)34-16-15-23(19-34)35-18-22(17-33)25(20-35)21-11-13-24(14-12-21)36-29-26(31)8-7-9-27(29)32/h7-9,11-14,18,20,23,28H,5-6,10,15-16,19H2,1-4H3/t23-,28?/m1/s1. The summed E-state index contributed by atoms with van der Waals surface area (Å²) in [6.45, 7) is 10.3. The maximum Gasteiger partial charge on any atom is 0.198 e. The zero-order valence-corrected chi connectivity index (χ0v) is 22.0. The van der Waals surface area contributed by atoms with Gasteiger partial charge in [-0.05, 0) is 69.9 Å². The van der Waals surface area contributed by atoms with Crippen LogP contribution >= 0.6 is 0 Å². The van der Waals surface area contributed by atoms with Gasteiger partial charge in [-0.25, -0.2) is 8.78 Å². The van der Waals surface area contributed by atoms with Crippen molar-refractivity contribution in [3.8, 4) is 28.7 Å². The first-order valence-electron chi connectivity index (χ1n) is 12.9. The number of ether oxygens (including phenoxy) is 2. The van der Waals surface area contributed by atoms with Gasteiger partial charge in [0.1, 0.15) is 18.0 Å². The first kappa shape index (κ1) is 26.8. The molecule has 1 aromatic heterocycles. The van der Waals surface area contributed by atoms with Crippen LogP contribution in [-0.4, -0.2) is 34.4 Å². The summed E-state index contributed by atoms with van der Waals surface area (Å²) >= 11 is 0. The molecule has 3 aromatic rings. The van der Waals surface area contributed by atoms with Crippen LogP contribution in [0.3, 0.4) is 0 Å². The van der Waals surface area contributed by atoms with Gasteiger partial charge in [-0.2, -0.15) is 5.26 Å². The zero-order chi connectivity index (χ0) is 26.6. The van der Waals surface area contributed by atoms with Gasteiger partial charge >= 0.3 is 0 Å². The van der Waals surface area contributed by atoms with Crippen LogP contribution in [0, 0.1) is 23.0 Å². The van der Waals surface area contributed by atoms with Gasteiger partial charge in [0.2, 0.25) is 0 Å². The first-order chi connectivity index (χ1) is 17.7. The minimum atomic E-state index is -0.761. The number of rotatable bonds is 9. The second-order valence-electron chi connectivity index (χ2n) is 10.6. The number of unbranched alkanes of at least 4 members (excludes halogenated alkanes) is 1. The highest BCUT2D eigenvalue weighted by Gasteiger charge is 2.32. The van der Waals surface area contributed by atoms with E-state index in [9.17, 15) is 14.0 Å². The van der Waals surface area contributed by atoms with Crippen LogP contribution in [0.25, 0.3) is 11.1 Å². The number of aromatic nitrogens is 1. The lowest BCUT2D eigenvalue weighted by Gasteiger charge is -2.34. The molecule has 1 fully saturated rings. The van der Waals surface area contributed by atoms with Crippen LogP contribution in [0.1, 0.15) is 65.0 Å². The minimum absolute atomic E-state index is 0.0854. The Bertz CT molecular complexity index is 1220. The Morgan fingerprint density at radius 1 is 1.08 bits per heavy atom. The average molecular weight is 508 g/mol. The maximum absolute atomic E-state index is 13.9. The lowest BCUT2D eigenvalue weighted by atomic mass is 10.1. The van der Waals surface area contributed by atoms with Crippen molar-refractivity contribution in [1.29, 1.82) is 5.26 Å². The Hall–Kier alpha value is -3.21. The van der Waals surface area contributed by atoms with Crippen molar-refractivity contribution in [1.82, 2.24) is 9.47 Å². The lowest BCUT2D eigenvalue weighted by Crippen LogP contribution is -2.40. The minimum Gasteiger partial charge on any atom is -0.451 e. The molecule has 7 heteroatoms. The van der Waals surface area contributed by atoms with E-state index in [-0.39, 0.29) is 17.9 Å². The number of para-hydroxylation sites is 1. The van der Waals surface area contributed by atoms with E-state index >= 15 is 0 Å². The Kier molecular flexibility index (Phi) is 8.31. The molecular weight excluding hydrogens is 472 g/mol. The number of nitriles is 1. The number of likely N-dealkylation sites (tertiary alicyclic amines) is 1. The van der Waals surface area contributed by atoms with Gasteiger partial charge < -0.3 is 14.0 Å². The van der Waals surface area contributed by atoms with Crippen molar-refractivity contribution in [2.24, 2.45) is 0 Å². The predicted molar refractivity (Wildman–Crippen MR) is 140 cm³/mol. The van der Waals surface area contributed by atoms with E-state index in [1.165, 1.54) is 6.07 Å². The summed E-state index contributed by atoms with van der Waals surface area (Å²) in [4.78, 5) is 2.42. The molecular formula is C30H35F2N3O2. The van der Waals surface area contributed by atoms with Gasteiger partial charge in [0.15, 0.2) is 17.4 Å². The summed E-state index contributed by atoms with van der Waals surface area (Å²) in [5.74, 6) is -1.64. The van der Waals surface area contributed by atoms with Crippen molar-refractivity contribution in [3.63, 3.8) is 0 Å². The molecule has 2 atom stereocenters. The monoisotopic (exact) mass is 507 g/mol. The molecule has 5 nitrogen and oxygen atoms in total. The normalized spacial score (nSPS) is 17.1. The molecule has 0 saturated carbocycles. The molecule has 0 radical (unpaired) electrons. The SMILES string of the molecule is CCCCC(OC(C)(C)C)N1CC[C@@H](n2cc(C#N)c(-c3ccc(Oc4c(F)cccc4F)cc3)c2)C1. The number of hydrogen-bond donors (Lipinski definition) is 0. The second-order valence-corrected chi connectivity index (χ2v) is 10.6. The maximum atomic E-state index is 13.9. The average Bonchev–Trinajstić information content (AvgIpc) is 3.51. The van der Waals surface area contributed by atoms with E-state index < -0.39 is 17.4 Å². The highest BCUT2D eigenvalue weighted by atomic mass is 19.1. The summed E-state index contributed by atoms with van der Waals surface area (Å²) in [6, 6.07) is 13.1. The smallest absolute Gasteiger partial charge is 0.198 e. The molecule has 1 unspecified atom stereocenters. The Morgan fingerprint density at radius 2 is 1.78 bits per heavy atom. The fourth-order valence-electron chi connectivity index (χ4n) is 4.78. The van der Waals surface area contributed by atoms with Gasteiger partial charge in [-0.3, -0.25) is 4.90 Å². The van der Waals surface area contributed by atoms with Crippen LogP contribution in [0.15, 0.2) is 54.9 Å². The van der Waals surface area contributed by atoms with Crippen molar-refractivity contribution in [2.45, 2.75) is 71.2 Å². The van der Waals surface area contributed by atoms with Crippen LogP contribution in [0.5, 0.6) is 11.5 Å². The van der Waals surface area contributed by atoms with E-state index in [0.29, 0.717) is 11.3 Å². The van der Waals surface area contributed by atoms with E-state index in [1.54, 1.807) is 24.3 Å². The third-order valence-electron chi connectivity index (χ3n) is 6.59. The summed E-state index contributed by atoms with van der Waals surface area (Å²) in [6.07, 6.45) is 8.26. The molecule has 196 valence electrons. The Labute approximate surface area is 218 Å². The molecule has 0 N–H and O–H groups in total. The number of nitrogens with zero attached hydrogens (tertiary/aromatic N) is 3. The summed E-state index contributed by atoms with van der Waals surface area (Å²) in [5.41, 5.74) is 2.03. The Morgan fingerprint density at radius 3 is 2.41 bits per heavy atom. The van der Waals surface area contributed by atoms with Gasteiger partial charge in [-0.1, -0.05) is 31.5 Å². The largest absolute Gasteiger partial charge is 0.451 e. The third kappa shape index (κ3) is 6.57. The fourth-order valence-corrected chi connectivity index (χ4v) is 4.78. The number of halogens is 2. The molecule has 2 heterocycles. The van der Waals surface area contributed by atoms with Gasteiger partial charge in [0, 0.05) is 37.1 Å². The molecule has 2 aromatic carbocycles. The number of hydrogen-bond acceptors (Lipinski definition) is 4. The Balaban J connectivity index is 1.49. The molecule has 0 spiro atoms. The summed E-state index contributed by atoms with van der Waals surface area (Å²) in [5, 5.41) is 9.81. The topological polar surface area (TPSA) is 50.4 Å². The van der Waals surface area contributed by atoms with E-state index in [4.69, 9.17) is 9.47 Å². The van der Waals surface area contributed by atoms with Crippen molar-refractivity contribution >= 4 is 0 Å². The van der Waals surface area contributed by atoms with Crippen LogP contribution in [0.4, 0.5) is 8.78 Å². The quantitative estimate of drug-likeness (QED) is 0.298. The van der Waals surface area contributed by atoms with Gasteiger partial charge in [0.05, 0.1) is 11.2 Å². The molecule has 1 aliphatic rings. The summed E-state index contributed by atoms with van der Waals surface area (Å²) in [7, 11) is 0. The second kappa shape index (κ2) is 11.5. The molecule has 1 aliphatic heterocycles. The molecule has 4 rings (SSSR count). The van der Waals surface area contributed by atoms with E-state index in [2.05, 4.69) is 43.2 Å². The van der Waals surface area contributed by atoms with Crippen molar-refractivity contribution in [3.05, 3.63) is 72.1 Å². The first-order valence-corrected chi connectivity index (χ1v) is 12.9. The fraction of sp³-hybridized carbons (Fsp3) is 0.433. The molecule has 37 heavy (non-hydrogen) atoms. The van der Waals surface area contributed by atoms with Crippen LogP contribution in [0.2, 0.25) is 0 Å². The van der Waals surface area contributed by atoms with Crippen molar-refractivity contribution < 1.29 is 18.3 Å². The predicted octanol–water partition coefficient (Wildman–Crippen LogP) is 7.68. The highest BCUT2D eigenvalue weighted by molar-refractivity contribution is 5.70.